The van der Waals surface area contributed by atoms with E-state index >= 15 is 0 Å². The van der Waals surface area contributed by atoms with E-state index in [4.69, 9.17) is 0 Å². The van der Waals surface area contributed by atoms with Crippen LogP contribution in [-0.4, -0.2) is 6.54 Å². The van der Waals surface area contributed by atoms with Crippen molar-refractivity contribution >= 4 is 10.8 Å². The Kier molecular flexibility index (Phi) is 4.37. The summed E-state index contributed by atoms with van der Waals surface area (Å²) < 4.78 is 0. The SMILES string of the molecule is CC1CCCC(CNCc2ccc3ccccc3c2)C1. The molecular weight excluding hydrogens is 242 g/mol. The molecule has 1 N–H and O–H groups in total. The van der Waals surface area contributed by atoms with Gasteiger partial charge in [-0.15, -0.1) is 0 Å². The zero-order valence-electron chi connectivity index (χ0n) is 12.4. The lowest BCUT2D eigenvalue weighted by Crippen LogP contribution is -2.26. The maximum atomic E-state index is 3.66. The van der Waals surface area contributed by atoms with Gasteiger partial charge in [0.25, 0.3) is 0 Å². The molecule has 1 nitrogen and oxygen atoms in total. The molecule has 0 saturated heterocycles. The summed E-state index contributed by atoms with van der Waals surface area (Å²) in [6.45, 7) is 4.57. The van der Waals surface area contributed by atoms with Crippen molar-refractivity contribution in [3.05, 3.63) is 48.0 Å². The van der Waals surface area contributed by atoms with Gasteiger partial charge in [0, 0.05) is 6.54 Å². The topological polar surface area (TPSA) is 12.0 Å². The minimum Gasteiger partial charge on any atom is -0.312 e. The quantitative estimate of drug-likeness (QED) is 0.842. The van der Waals surface area contributed by atoms with Crippen LogP contribution < -0.4 is 5.32 Å². The Balaban J connectivity index is 1.54. The van der Waals surface area contributed by atoms with Gasteiger partial charge in [-0.25, -0.2) is 0 Å². The number of hydrogen-bond donors (Lipinski definition) is 1. The minimum atomic E-state index is 0.888. The largest absolute Gasteiger partial charge is 0.312 e. The summed E-state index contributed by atoms with van der Waals surface area (Å²) in [4.78, 5) is 0. The number of fused-ring (bicyclic) bond motifs is 1. The predicted molar refractivity (Wildman–Crippen MR) is 86.8 cm³/mol. The van der Waals surface area contributed by atoms with E-state index in [-0.39, 0.29) is 0 Å². The third-order valence-corrected chi connectivity index (χ3v) is 4.62. The maximum absolute atomic E-state index is 3.66. The summed E-state index contributed by atoms with van der Waals surface area (Å²) in [5.41, 5.74) is 1.40. The molecule has 20 heavy (non-hydrogen) atoms. The summed E-state index contributed by atoms with van der Waals surface area (Å²) in [5.74, 6) is 1.82. The molecule has 1 fully saturated rings. The zero-order chi connectivity index (χ0) is 13.8. The van der Waals surface area contributed by atoms with Crippen LogP contribution in [0.3, 0.4) is 0 Å². The first-order valence-corrected chi connectivity index (χ1v) is 7.99. The summed E-state index contributed by atoms with van der Waals surface area (Å²) >= 11 is 0. The molecule has 2 aromatic carbocycles. The van der Waals surface area contributed by atoms with Gasteiger partial charge in [-0.3, -0.25) is 0 Å². The predicted octanol–water partition coefficient (Wildman–Crippen LogP) is 4.76. The van der Waals surface area contributed by atoms with Crippen LogP contribution in [-0.2, 0) is 6.54 Å². The Morgan fingerprint density at radius 1 is 1.05 bits per heavy atom. The second kappa shape index (κ2) is 6.41. The summed E-state index contributed by atoms with van der Waals surface area (Å²) in [6, 6.07) is 15.4. The third-order valence-electron chi connectivity index (χ3n) is 4.62. The lowest BCUT2D eigenvalue weighted by atomic mass is 9.82. The molecule has 0 radical (unpaired) electrons. The molecule has 1 heteroatoms. The van der Waals surface area contributed by atoms with Gasteiger partial charge in [-0.1, -0.05) is 56.2 Å². The Bertz CT molecular complexity index is 560. The van der Waals surface area contributed by atoms with Gasteiger partial charge in [-0.2, -0.15) is 0 Å². The zero-order valence-corrected chi connectivity index (χ0v) is 12.4. The maximum Gasteiger partial charge on any atom is 0.0205 e. The number of rotatable bonds is 4. The Labute approximate surface area is 122 Å². The standard InChI is InChI=1S/C19H25N/c1-15-5-4-6-16(11-15)13-20-14-17-9-10-18-7-2-3-8-19(18)12-17/h2-3,7-10,12,15-16,20H,4-6,11,13-14H2,1H3. The van der Waals surface area contributed by atoms with Crippen LogP contribution in [0.2, 0.25) is 0 Å². The first-order chi connectivity index (χ1) is 9.81. The lowest BCUT2D eigenvalue weighted by molar-refractivity contribution is 0.274. The molecule has 3 rings (SSSR count). The van der Waals surface area contributed by atoms with Crippen molar-refractivity contribution in [2.24, 2.45) is 11.8 Å². The van der Waals surface area contributed by atoms with Crippen molar-refractivity contribution in [1.29, 1.82) is 0 Å². The van der Waals surface area contributed by atoms with Crippen molar-refractivity contribution in [2.75, 3.05) is 6.54 Å². The molecular formula is C19H25N. The van der Waals surface area contributed by atoms with Gasteiger partial charge in [0.05, 0.1) is 0 Å². The molecule has 0 aromatic heterocycles. The molecule has 0 bridgehead atoms. The first-order valence-electron chi connectivity index (χ1n) is 7.99. The summed E-state index contributed by atoms with van der Waals surface area (Å²) in [5, 5.41) is 6.33. The highest BCUT2D eigenvalue weighted by Crippen LogP contribution is 2.28. The second-order valence-electron chi connectivity index (χ2n) is 6.45. The van der Waals surface area contributed by atoms with Gasteiger partial charge in [-0.05, 0) is 53.6 Å². The van der Waals surface area contributed by atoms with Gasteiger partial charge < -0.3 is 5.32 Å². The molecule has 2 unspecified atom stereocenters. The van der Waals surface area contributed by atoms with Crippen LogP contribution in [0.15, 0.2) is 42.5 Å². The van der Waals surface area contributed by atoms with Gasteiger partial charge in [0.1, 0.15) is 0 Å². The lowest BCUT2D eigenvalue weighted by Gasteiger charge is -2.26. The van der Waals surface area contributed by atoms with Crippen molar-refractivity contribution in [3.8, 4) is 0 Å². The number of hydrogen-bond acceptors (Lipinski definition) is 1. The first kappa shape index (κ1) is 13.6. The van der Waals surface area contributed by atoms with Gasteiger partial charge in [0.15, 0.2) is 0 Å². The summed E-state index contributed by atoms with van der Waals surface area (Å²) in [6.07, 6.45) is 5.67. The molecule has 1 saturated carbocycles. The highest BCUT2D eigenvalue weighted by molar-refractivity contribution is 5.82. The molecule has 2 aromatic rings. The third kappa shape index (κ3) is 3.40. The molecule has 0 amide bonds. The van der Waals surface area contributed by atoms with E-state index < -0.39 is 0 Å². The van der Waals surface area contributed by atoms with E-state index in [1.165, 1.54) is 48.6 Å². The second-order valence-corrected chi connectivity index (χ2v) is 6.45. The average molecular weight is 267 g/mol. The van der Waals surface area contributed by atoms with Crippen LogP contribution >= 0.6 is 0 Å². The van der Waals surface area contributed by atoms with Crippen molar-refractivity contribution in [2.45, 2.75) is 39.2 Å². The molecule has 0 aliphatic heterocycles. The van der Waals surface area contributed by atoms with Crippen LogP contribution in [0, 0.1) is 11.8 Å². The van der Waals surface area contributed by atoms with E-state index in [1.807, 2.05) is 0 Å². The fourth-order valence-electron chi connectivity index (χ4n) is 3.51. The average Bonchev–Trinajstić information content (AvgIpc) is 2.47. The van der Waals surface area contributed by atoms with E-state index in [1.54, 1.807) is 0 Å². The van der Waals surface area contributed by atoms with E-state index in [9.17, 15) is 0 Å². The van der Waals surface area contributed by atoms with Crippen LogP contribution in [0.1, 0.15) is 38.2 Å². The molecule has 1 aliphatic rings. The van der Waals surface area contributed by atoms with E-state index in [0.29, 0.717) is 0 Å². The Morgan fingerprint density at radius 3 is 2.75 bits per heavy atom. The van der Waals surface area contributed by atoms with Crippen molar-refractivity contribution in [1.82, 2.24) is 5.32 Å². The molecule has 106 valence electrons. The molecule has 2 atom stereocenters. The smallest absolute Gasteiger partial charge is 0.0205 e. The van der Waals surface area contributed by atoms with E-state index in [0.717, 1.165) is 18.4 Å². The fraction of sp³-hybridized carbons (Fsp3) is 0.474. The van der Waals surface area contributed by atoms with Crippen molar-refractivity contribution in [3.63, 3.8) is 0 Å². The van der Waals surface area contributed by atoms with Crippen LogP contribution in [0.5, 0.6) is 0 Å². The molecule has 0 heterocycles. The monoisotopic (exact) mass is 267 g/mol. The van der Waals surface area contributed by atoms with Crippen LogP contribution in [0.25, 0.3) is 10.8 Å². The normalized spacial score (nSPS) is 23.1. The number of benzene rings is 2. The summed E-state index contributed by atoms with van der Waals surface area (Å²) in [7, 11) is 0. The van der Waals surface area contributed by atoms with Crippen molar-refractivity contribution < 1.29 is 0 Å². The number of nitrogens with one attached hydrogen (secondary N) is 1. The molecule has 0 spiro atoms. The Hall–Kier alpha value is -1.34. The minimum absolute atomic E-state index is 0.888. The van der Waals surface area contributed by atoms with Crippen LogP contribution in [0.4, 0.5) is 0 Å². The van der Waals surface area contributed by atoms with Gasteiger partial charge in [0.2, 0.25) is 0 Å². The molecule has 1 aliphatic carbocycles. The highest BCUT2D eigenvalue weighted by atomic mass is 14.9. The Morgan fingerprint density at radius 2 is 1.90 bits per heavy atom. The highest BCUT2D eigenvalue weighted by Gasteiger charge is 2.18. The van der Waals surface area contributed by atoms with E-state index in [2.05, 4.69) is 54.7 Å². The fourth-order valence-corrected chi connectivity index (χ4v) is 3.51. The van der Waals surface area contributed by atoms with Gasteiger partial charge >= 0.3 is 0 Å².